The highest BCUT2D eigenvalue weighted by atomic mass is 79.9. The summed E-state index contributed by atoms with van der Waals surface area (Å²) >= 11 is 8.75. The number of hydrogen-bond donors (Lipinski definition) is 1. The molecule has 1 rings (SSSR count). The van der Waals surface area contributed by atoms with E-state index in [2.05, 4.69) is 49.9 Å². The van der Waals surface area contributed by atoms with Gasteiger partial charge in [-0.05, 0) is 64.5 Å². The van der Waals surface area contributed by atoms with Crippen LogP contribution in [-0.2, 0) is 6.54 Å². The van der Waals surface area contributed by atoms with Crippen LogP contribution in [0, 0.1) is 0 Å². The first-order chi connectivity index (χ1) is 6.63. The monoisotopic (exact) mass is 340 g/mol. The molecule has 0 bridgehead atoms. The van der Waals surface area contributed by atoms with E-state index < -0.39 is 0 Å². The van der Waals surface area contributed by atoms with Crippen LogP contribution in [0.1, 0.15) is 11.3 Å². The zero-order chi connectivity index (χ0) is 10.6. The fourth-order valence-corrected chi connectivity index (χ4v) is 3.43. The second-order valence-corrected chi connectivity index (χ2v) is 6.52. The van der Waals surface area contributed by atoms with E-state index in [1.807, 2.05) is 0 Å². The molecular formula is C9H14Br2N2S. The third kappa shape index (κ3) is 3.98. The molecular weight excluding hydrogens is 328 g/mol. The Kier molecular flexibility index (Phi) is 5.62. The van der Waals surface area contributed by atoms with Gasteiger partial charge in [-0.2, -0.15) is 0 Å². The first kappa shape index (κ1) is 12.6. The van der Waals surface area contributed by atoms with Gasteiger partial charge in [-0.3, -0.25) is 0 Å². The summed E-state index contributed by atoms with van der Waals surface area (Å²) in [6.45, 7) is 2.82. The Morgan fingerprint density at radius 2 is 2.21 bits per heavy atom. The van der Waals surface area contributed by atoms with Gasteiger partial charge in [-0.25, -0.2) is 0 Å². The van der Waals surface area contributed by atoms with Gasteiger partial charge in [-0.1, -0.05) is 0 Å². The maximum atomic E-state index is 5.46. The molecule has 2 nitrogen and oxygen atoms in total. The molecule has 1 heterocycles. The Morgan fingerprint density at radius 3 is 2.71 bits per heavy atom. The van der Waals surface area contributed by atoms with Crippen molar-refractivity contribution in [1.82, 2.24) is 4.90 Å². The molecule has 80 valence electrons. The van der Waals surface area contributed by atoms with Crippen molar-refractivity contribution in [3.05, 3.63) is 19.2 Å². The average molecular weight is 342 g/mol. The molecule has 2 N–H and O–H groups in total. The molecule has 0 spiro atoms. The maximum Gasteiger partial charge on any atom is 0.0843 e. The van der Waals surface area contributed by atoms with Crippen LogP contribution in [0.3, 0.4) is 0 Å². The lowest BCUT2D eigenvalue weighted by Crippen LogP contribution is -2.20. The fraction of sp³-hybridized carbons (Fsp3) is 0.556. The highest BCUT2D eigenvalue weighted by Crippen LogP contribution is 2.32. The van der Waals surface area contributed by atoms with Gasteiger partial charge in [0, 0.05) is 15.9 Å². The molecule has 0 fully saturated rings. The summed E-state index contributed by atoms with van der Waals surface area (Å²) in [5.74, 6) is 0. The third-order valence-electron chi connectivity index (χ3n) is 1.87. The van der Waals surface area contributed by atoms with Crippen LogP contribution in [-0.4, -0.2) is 25.0 Å². The van der Waals surface area contributed by atoms with E-state index in [0.29, 0.717) is 0 Å². The zero-order valence-electron chi connectivity index (χ0n) is 8.09. The predicted molar refractivity (Wildman–Crippen MR) is 69.7 cm³/mol. The highest BCUT2D eigenvalue weighted by Gasteiger charge is 2.06. The lowest BCUT2D eigenvalue weighted by atomic mass is 10.3. The van der Waals surface area contributed by atoms with Crippen molar-refractivity contribution < 1.29 is 0 Å². The minimum absolute atomic E-state index is 0.766. The van der Waals surface area contributed by atoms with Gasteiger partial charge >= 0.3 is 0 Å². The van der Waals surface area contributed by atoms with Gasteiger partial charge in [0.1, 0.15) is 0 Å². The summed E-state index contributed by atoms with van der Waals surface area (Å²) in [5, 5.41) is 0. The van der Waals surface area contributed by atoms with E-state index >= 15 is 0 Å². The molecule has 0 amide bonds. The summed E-state index contributed by atoms with van der Waals surface area (Å²) in [6.07, 6.45) is 1.06. The first-order valence-corrected chi connectivity index (χ1v) is 6.86. The summed E-state index contributed by atoms with van der Waals surface area (Å²) < 4.78 is 2.31. The number of nitrogens with two attached hydrogens (primary N) is 1. The van der Waals surface area contributed by atoms with Crippen LogP contribution in [0.4, 0.5) is 0 Å². The Labute approximate surface area is 106 Å². The molecule has 0 aliphatic heterocycles. The standard InChI is InChI=1S/C9H14Br2N2S/c1-13(4-2-3-12)6-7-5-8(10)9(11)14-7/h5H,2-4,6,12H2,1H3. The van der Waals surface area contributed by atoms with Gasteiger partial charge in [0.15, 0.2) is 0 Å². The molecule has 0 saturated heterocycles. The summed E-state index contributed by atoms with van der Waals surface area (Å²) in [6, 6.07) is 2.16. The minimum Gasteiger partial charge on any atom is -0.330 e. The number of rotatable bonds is 5. The van der Waals surface area contributed by atoms with Crippen molar-refractivity contribution in [1.29, 1.82) is 0 Å². The van der Waals surface area contributed by atoms with Gasteiger partial charge in [-0.15, -0.1) is 11.3 Å². The van der Waals surface area contributed by atoms with Gasteiger partial charge in [0.05, 0.1) is 3.79 Å². The second-order valence-electron chi connectivity index (χ2n) is 3.21. The van der Waals surface area contributed by atoms with Crippen molar-refractivity contribution in [2.75, 3.05) is 20.1 Å². The van der Waals surface area contributed by atoms with Crippen LogP contribution in [0.25, 0.3) is 0 Å². The van der Waals surface area contributed by atoms with Crippen LogP contribution in [0.2, 0.25) is 0 Å². The molecule has 1 aromatic heterocycles. The Bertz CT molecular complexity index is 269. The normalized spacial score (nSPS) is 11.2. The van der Waals surface area contributed by atoms with Crippen LogP contribution < -0.4 is 5.73 Å². The van der Waals surface area contributed by atoms with Crippen molar-refractivity contribution in [3.63, 3.8) is 0 Å². The highest BCUT2D eigenvalue weighted by molar-refractivity contribution is 9.13. The SMILES string of the molecule is CN(CCCN)Cc1cc(Br)c(Br)s1. The van der Waals surface area contributed by atoms with E-state index in [-0.39, 0.29) is 0 Å². The molecule has 5 heteroatoms. The predicted octanol–water partition coefficient (Wildman–Crippen LogP) is 3.05. The van der Waals surface area contributed by atoms with E-state index in [4.69, 9.17) is 5.73 Å². The Balaban J connectivity index is 2.43. The molecule has 0 radical (unpaired) electrons. The Morgan fingerprint density at radius 1 is 1.50 bits per heavy atom. The number of thiophene rings is 1. The van der Waals surface area contributed by atoms with Gasteiger partial charge in [0.2, 0.25) is 0 Å². The molecule has 1 aromatic rings. The molecule has 0 saturated carbocycles. The van der Waals surface area contributed by atoms with Gasteiger partial charge < -0.3 is 10.6 Å². The molecule has 0 aromatic carbocycles. The van der Waals surface area contributed by atoms with Crippen LogP contribution in [0.15, 0.2) is 14.3 Å². The maximum absolute atomic E-state index is 5.46. The Hall–Kier alpha value is 0.580. The quantitative estimate of drug-likeness (QED) is 0.891. The molecule has 0 aliphatic rings. The second kappa shape index (κ2) is 6.23. The van der Waals surface area contributed by atoms with E-state index in [9.17, 15) is 0 Å². The van der Waals surface area contributed by atoms with Crippen molar-refractivity contribution in [2.45, 2.75) is 13.0 Å². The average Bonchev–Trinajstić information content (AvgIpc) is 2.42. The van der Waals surface area contributed by atoms with Crippen LogP contribution >= 0.6 is 43.2 Å². The van der Waals surface area contributed by atoms with Crippen molar-refractivity contribution >= 4 is 43.2 Å². The van der Waals surface area contributed by atoms with E-state index in [0.717, 1.165) is 30.5 Å². The molecule has 14 heavy (non-hydrogen) atoms. The fourth-order valence-electron chi connectivity index (χ4n) is 1.18. The number of halogens is 2. The summed E-state index contributed by atoms with van der Waals surface area (Å²) in [4.78, 5) is 3.65. The number of nitrogens with zero attached hydrogens (tertiary/aromatic N) is 1. The smallest absolute Gasteiger partial charge is 0.0843 e. The molecule has 0 unspecified atom stereocenters. The van der Waals surface area contributed by atoms with E-state index in [1.54, 1.807) is 11.3 Å². The van der Waals surface area contributed by atoms with Crippen LogP contribution in [0.5, 0.6) is 0 Å². The summed E-state index contributed by atoms with van der Waals surface area (Å²) in [7, 11) is 2.12. The lowest BCUT2D eigenvalue weighted by molar-refractivity contribution is 0.327. The lowest BCUT2D eigenvalue weighted by Gasteiger charge is -2.14. The van der Waals surface area contributed by atoms with Crippen molar-refractivity contribution in [2.24, 2.45) is 5.73 Å². The topological polar surface area (TPSA) is 29.3 Å². The summed E-state index contributed by atoms with van der Waals surface area (Å²) in [5.41, 5.74) is 5.46. The molecule has 0 atom stereocenters. The largest absolute Gasteiger partial charge is 0.330 e. The number of hydrogen-bond acceptors (Lipinski definition) is 3. The van der Waals surface area contributed by atoms with Gasteiger partial charge in [0.25, 0.3) is 0 Å². The zero-order valence-corrected chi connectivity index (χ0v) is 12.1. The van der Waals surface area contributed by atoms with E-state index in [1.165, 1.54) is 8.66 Å². The third-order valence-corrected chi connectivity index (χ3v) is 5.11. The first-order valence-electron chi connectivity index (χ1n) is 4.46. The minimum atomic E-state index is 0.766. The molecule has 0 aliphatic carbocycles. The van der Waals surface area contributed by atoms with Crippen molar-refractivity contribution in [3.8, 4) is 0 Å².